The lowest BCUT2D eigenvalue weighted by atomic mass is 10.1. The summed E-state index contributed by atoms with van der Waals surface area (Å²) in [6.45, 7) is 6.02. The number of aromatic nitrogens is 2. The van der Waals surface area contributed by atoms with Crippen molar-refractivity contribution < 1.29 is 13.9 Å². The summed E-state index contributed by atoms with van der Waals surface area (Å²) in [6.07, 6.45) is 2.55. The number of aliphatic hydroxyl groups excluding tert-OH is 1. The van der Waals surface area contributed by atoms with Crippen molar-refractivity contribution in [1.29, 1.82) is 0 Å². The molecule has 6 heteroatoms. The molecule has 0 radical (unpaired) electrons. The van der Waals surface area contributed by atoms with Crippen LogP contribution >= 0.6 is 0 Å². The summed E-state index contributed by atoms with van der Waals surface area (Å²) in [5.41, 5.74) is 2.48. The molecule has 3 rings (SSSR count). The third kappa shape index (κ3) is 3.75. The standard InChI is InChI=1S/C18H25F2N3O/c1-13(2)8-23-10-14(9-22-7-3-6-18(19,20)12-22)16-5-4-15(11-24)21-17(16)23/h4-5,10,13,24H,3,6-9,11-12H2,1-2H3. The zero-order valence-electron chi connectivity index (χ0n) is 14.3. The van der Waals surface area contributed by atoms with Crippen molar-refractivity contribution in [1.82, 2.24) is 14.5 Å². The molecule has 1 aliphatic heterocycles. The van der Waals surface area contributed by atoms with E-state index in [0.29, 0.717) is 31.1 Å². The molecule has 4 nitrogen and oxygen atoms in total. The van der Waals surface area contributed by atoms with Crippen LogP contribution in [0.2, 0.25) is 0 Å². The number of fused-ring (bicyclic) bond motifs is 1. The van der Waals surface area contributed by atoms with Gasteiger partial charge in [-0.05, 0) is 36.6 Å². The Morgan fingerprint density at radius 3 is 2.79 bits per heavy atom. The van der Waals surface area contributed by atoms with E-state index in [1.165, 1.54) is 0 Å². The van der Waals surface area contributed by atoms with Gasteiger partial charge in [0, 0.05) is 31.1 Å². The molecular formula is C18H25F2N3O. The molecule has 0 atom stereocenters. The fraction of sp³-hybridized carbons (Fsp3) is 0.611. The zero-order valence-corrected chi connectivity index (χ0v) is 14.3. The average molecular weight is 337 g/mol. The Balaban J connectivity index is 1.92. The fourth-order valence-electron chi connectivity index (χ4n) is 3.44. The van der Waals surface area contributed by atoms with Gasteiger partial charge in [0.2, 0.25) is 0 Å². The number of pyridine rings is 1. The minimum absolute atomic E-state index is 0.0139. The van der Waals surface area contributed by atoms with Gasteiger partial charge >= 0.3 is 0 Å². The first kappa shape index (κ1) is 17.3. The Morgan fingerprint density at radius 1 is 1.33 bits per heavy atom. The summed E-state index contributed by atoms with van der Waals surface area (Å²) >= 11 is 0. The topological polar surface area (TPSA) is 41.3 Å². The van der Waals surface area contributed by atoms with Crippen molar-refractivity contribution in [2.24, 2.45) is 5.92 Å². The van der Waals surface area contributed by atoms with E-state index in [-0.39, 0.29) is 19.6 Å². The average Bonchev–Trinajstić information content (AvgIpc) is 2.82. The predicted octanol–water partition coefficient (Wildman–Crippen LogP) is 3.42. The summed E-state index contributed by atoms with van der Waals surface area (Å²) in [4.78, 5) is 6.37. The lowest BCUT2D eigenvalue weighted by Crippen LogP contribution is -2.41. The van der Waals surface area contributed by atoms with Gasteiger partial charge in [-0.2, -0.15) is 0 Å². The van der Waals surface area contributed by atoms with Gasteiger partial charge in [0.15, 0.2) is 0 Å². The van der Waals surface area contributed by atoms with Crippen molar-refractivity contribution in [2.75, 3.05) is 13.1 Å². The molecule has 3 heterocycles. The molecule has 1 aliphatic rings. The van der Waals surface area contributed by atoms with Crippen LogP contribution in [0.3, 0.4) is 0 Å². The lowest BCUT2D eigenvalue weighted by Gasteiger charge is -2.32. The second-order valence-corrected chi connectivity index (χ2v) is 7.20. The van der Waals surface area contributed by atoms with Crippen LogP contribution in [0.25, 0.3) is 11.0 Å². The van der Waals surface area contributed by atoms with E-state index in [4.69, 9.17) is 0 Å². The van der Waals surface area contributed by atoms with Crippen LogP contribution in [-0.4, -0.2) is 38.6 Å². The first-order chi connectivity index (χ1) is 11.4. The number of hydrogen-bond acceptors (Lipinski definition) is 3. The highest BCUT2D eigenvalue weighted by Crippen LogP contribution is 2.29. The maximum atomic E-state index is 13.7. The minimum Gasteiger partial charge on any atom is -0.390 e. The highest BCUT2D eigenvalue weighted by atomic mass is 19.3. The van der Waals surface area contributed by atoms with E-state index >= 15 is 0 Å². The number of aliphatic hydroxyl groups is 1. The molecule has 0 spiro atoms. The summed E-state index contributed by atoms with van der Waals surface area (Å²) in [5, 5.41) is 10.3. The van der Waals surface area contributed by atoms with Gasteiger partial charge < -0.3 is 9.67 Å². The molecular weight excluding hydrogens is 312 g/mol. The van der Waals surface area contributed by atoms with Crippen LogP contribution < -0.4 is 0 Å². The number of halogens is 2. The first-order valence-electron chi connectivity index (χ1n) is 8.56. The molecule has 0 aromatic carbocycles. The number of alkyl halides is 2. The summed E-state index contributed by atoms with van der Waals surface area (Å²) < 4.78 is 29.4. The Bertz CT molecular complexity index is 712. The smallest absolute Gasteiger partial charge is 0.260 e. The Kier molecular flexibility index (Phi) is 4.88. The number of piperidine rings is 1. The van der Waals surface area contributed by atoms with E-state index in [2.05, 4.69) is 23.4 Å². The van der Waals surface area contributed by atoms with Gasteiger partial charge in [-0.15, -0.1) is 0 Å². The molecule has 132 valence electrons. The molecule has 1 fully saturated rings. The lowest BCUT2D eigenvalue weighted by molar-refractivity contribution is -0.0660. The van der Waals surface area contributed by atoms with E-state index < -0.39 is 5.92 Å². The quantitative estimate of drug-likeness (QED) is 0.909. The second-order valence-electron chi connectivity index (χ2n) is 7.20. The molecule has 1 N–H and O–H groups in total. The molecule has 0 bridgehead atoms. The first-order valence-corrected chi connectivity index (χ1v) is 8.56. The molecule has 2 aromatic heterocycles. The SMILES string of the molecule is CC(C)Cn1cc(CN2CCCC(F)(F)C2)c2ccc(CO)nc21. The summed E-state index contributed by atoms with van der Waals surface area (Å²) in [5.74, 6) is -2.14. The van der Waals surface area contributed by atoms with Gasteiger partial charge in [-0.25, -0.2) is 13.8 Å². The van der Waals surface area contributed by atoms with Crippen molar-refractivity contribution in [3.8, 4) is 0 Å². The van der Waals surface area contributed by atoms with Crippen LogP contribution in [0, 0.1) is 5.92 Å². The van der Waals surface area contributed by atoms with Crippen LogP contribution in [0.15, 0.2) is 18.3 Å². The van der Waals surface area contributed by atoms with Gasteiger partial charge in [0.05, 0.1) is 18.8 Å². The zero-order chi connectivity index (χ0) is 17.3. The Hall–Kier alpha value is -1.53. The predicted molar refractivity (Wildman–Crippen MR) is 90.0 cm³/mol. The molecule has 2 aromatic rings. The maximum Gasteiger partial charge on any atom is 0.260 e. The molecule has 0 amide bonds. The fourth-order valence-corrected chi connectivity index (χ4v) is 3.44. The number of rotatable bonds is 5. The second kappa shape index (κ2) is 6.76. The minimum atomic E-state index is -2.59. The van der Waals surface area contributed by atoms with Crippen molar-refractivity contribution in [3.05, 3.63) is 29.6 Å². The largest absolute Gasteiger partial charge is 0.390 e. The number of hydrogen-bond donors (Lipinski definition) is 1. The van der Waals surface area contributed by atoms with Crippen molar-refractivity contribution >= 4 is 11.0 Å². The van der Waals surface area contributed by atoms with Gasteiger partial charge in [0.25, 0.3) is 5.92 Å². The molecule has 24 heavy (non-hydrogen) atoms. The van der Waals surface area contributed by atoms with Crippen LogP contribution in [-0.2, 0) is 19.7 Å². The molecule has 0 aliphatic carbocycles. The molecule has 0 unspecified atom stereocenters. The van der Waals surface area contributed by atoms with E-state index in [0.717, 1.165) is 23.1 Å². The van der Waals surface area contributed by atoms with E-state index in [9.17, 15) is 13.9 Å². The normalized spacial score (nSPS) is 18.6. The van der Waals surface area contributed by atoms with Crippen LogP contribution in [0.5, 0.6) is 0 Å². The van der Waals surface area contributed by atoms with Crippen LogP contribution in [0.4, 0.5) is 8.78 Å². The number of nitrogens with zero attached hydrogens (tertiary/aromatic N) is 3. The highest BCUT2D eigenvalue weighted by molar-refractivity contribution is 5.80. The summed E-state index contributed by atoms with van der Waals surface area (Å²) in [7, 11) is 0. The van der Waals surface area contributed by atoms with Gasteiger partial charge in [-0.1, -0.05) is 13.8 Å². The Morgan fingerprint density at radius 2 is 2.12 bits per heavy atom. The van der Waals surface area contributed by atoms with Gasteiger partial charge in [0.1, 0.15) is 5.65 Å². The summed E-state index contributed by atoms with van der Waals surface area (Å²) in [6, 6.07) is 3.75. The highest BCUT2D eigenvalue weighted by Gasteiger charge is 2.35. The molecule has 0 saturated carbocycles. The van der Waals surface area contributed by atoms with Crippen molar-refractivity contribution in [3.63, 3.8) is 0 Å². The number of likely N-dealkylation sites (tertiary alicyclic amines) is 1. The third-order valence-corrected chi connectivity index (χ3v) is 4.45. The van der Waals surface area contributed by atoms with E-state index in [1.807, 2.05) is 17.2 Å². The van der Waals surface area contributed by atoms with Crippen LogP contribution in [0.1, 0.15) is 37.9 Å². The Labute approximate surface area is 141 Å². The third-order valence-electron chi connectivity index (χ3n) is 4.45. The van der Waals surface area contributed by atoms with Crippen molar-refractivity contribution in [2.45, 2.75) is 52.3 Å². The molecule has 1 saturated heterocycles. The monoisotopic (exact) mass is 337 g/mol. The van der Waals surface area contributed by atoms with Gasteiger partial charge in [-0.3, -0.25) is 4.90 Å². The maximum absolute atomic E-state index is 13.7. The van der Waals surface area contributed by atoms with E-state index in [1.54, 1.807) is 6.07 Å².